The van der Waals surface area contributed by atoms with Crippen LogP contribution in [-0.2, 0) is 26.5 Å². The quantitative estimate of drug-likeness (QED) is 0.126. The topological polar surface area (TPSA) is 25.8 Å². The fourth-order valence-electron chi connectivity index (χ4n) is 4.61. The van der Waals surface area contributed by atoms with Crippen molar-refractivity contribution in [2.75, 3.05) is 0 Å². The van der Waals surface area contributed by atoms with Gasteiger partial charge in [-0.3, -0.25) is 0 Å². The van der Waals surface area contributed by atoms with Crippen LogP contribution in [0.25, 0.3) is 33.6 Å². The Hall–Kier alpha value is -3.95. The molecule has 2 aromatic heterocycles. The van der Waals surface area contributed by atoms with Crippen LogP contribution in [-0.4, -0.2) is 18.0 Å². The summed E-state index contributed by atoms with van der Waals surface area (Å²) in [4.78, 5) is 9.07. The molecule has 6 aromatic rings. The Kier molecular flexibility index (Phi) is 10.9. The molecule has 6 rings (SSSR count). The standard InChI is InChI=1S/C20H20NSi.C18H14N.Ir/c1-22(2,3)19-12-13-20(21-15-19)18-11-7-10-17(14-18)16-8-5-4-6-9-16;1-2-8-15(9-3-1)14-16-10-4-5-11-17(16)18-12-6-7-13-19-18;/h4-10,12-15H,1-3H3;1-10,12-13H,14H2;/q2*-1;. The van der Waals surface area contributed by atoms with E-state index in [4.69, 9.17) is 0 Å². The second kappa shape index (κ2) is 14.8. The second-order valence-corrected chi connectivity index (χ2v) is 16.1. The molecule has 0 aliphatic heterocycles. The van der Waals surface area contributed by atoms with E-state index in [0.717, 1.165) is 28.9 Å². The van der Waals surface area contributed by atoms with Gasteiger partial charge in [0.15, 0.2) is 0 Å². The summed E-state index contributed by atoms with van der Waals surface area (Å²) in [7, 11) is -1.29. The zero-order valence-corrected chi connectivity index (χ0v) is 27.6. The third-order valence-corrected chi connectivity index (χ3v) is 8.94. The smallest absolute Gasteiger partial charge is 0.0795 e. The molecule has 211 valence electrons. The van der Waals surface area contributed by atoms with Crippen LogP contribution in [0.15, 0.2) is 140 Å². The first kappa shape index (κ1) is 31.0. The van der Waals surface area contributed by atoms with E-state index in [0.29, 0.717) is 0 Å². The molecule has 2 heterocycles. The van der Waals surface area contributed by atoms with Gasteiger partial charge in [0, 0.05) is 32.5 Å². The van der Waals surface area contributed by atoms with Gasteiger partial charge in [-0.1, -0.05) is 110 Å². The molecule has 0 aliphatic rings. The van der Waals surface area contributed by atoms with Gasteiger partial charge >= 0.3 is 0 Å². The first-order valence-corrected chi connectivity index (χ1v) is 17.5. The Morgan fingerprint density at radius 1 is 0.619 bits per heavy atom. The fourth-order valence-corrected chi connectivity index (χ4v) is 5.64. The van der Waals surface area contributed by atoms with Crippen molar-refractivity contribution in [2.45, 2.75) is 26.1 Å². The van der Waals surface area contributed by atoms with Gasteiger partial charge in [-0.05, 0) is 34.6 Å². The summed E-state index contributed by atoms with van der Waals surface area (Å²) in [5.41, 5.74) is 9.08. The van der Waals surface area contributed by atoms with E-state index in [9.17, 15) is 0 Å². The van der Waals surface area contributed by atoms with Gasteiger partial charge in [0.1, 0.15) is 0 Å². The SMILES string of the molecule is C[Si](C)(C)c1ccc(-c2[c-]ccc(-c3ccccc3)c2)nc1.[Ir].[c-]1cccc(Cc2ccccc2)c1-c1ccccn1. The van der Waals surface area contributed by atoms with Crippen molar-refractivity contribution in [3.8, 4) is 33.6 Å². The molecular weight excluding hydrogens is 705 g/mol. The Morgan fingerprint density at radius 2 is 1.36 bits per heavy atom. The minimum Gasteiger partial charge on any atom is -0.305 e. The first-order valence-electron chi connectivity index (χ1n) is 14.0. The zero-order chi connectivity index (χ0) is 28.5. The number of pyridine rings is 2. The Morgan fingerprint density at radius 3 is 2.02 bits per heavy atom. The summed E-state index contributed by atoms with van der Waals surface area (Å²) in [6.45, 7) is 7.02. The largest absolute Gasteiger partial charge is 0.305 e. The minimum atomic E-state index is -1.29. The van der Waals surface area contributed by atoms with Gasteiger partial charge in [0.05, 0.1) is 8.07 Å². The average molecular weight is 739 g/mol. The van der Waals surface area contributed by atoms with Gasteiger partial charge in [0.2, 0.25) is 0 Å². The number of benzene rings is 4. The van der Waals surface area contributed by atoms with E-state index >= 15 is 0 Å². The van der Waals surface area contributed by atoms with Gasteiger partial charge in [-0.2, -0.15) is 0 Å². The molecule has 0 amide bonds. The van der Waals surface area contributed by atoms with Crippen LogP contribution in [0.2, 0.25) is 19.6 Å². The number of hydrogen-bond donors (Lipinski definition) is 0. The van der Waals surface area contributed by atoms with Crippen molar-refractivity contribution in [1.82, 2.24) is 9.97 Å². The zero-order valence-electron chi connectivity index (χ0n) is 24.2. The van der Waals surface area contributed by atoms with Crippen molar-refractivity contribution < 1.29 is 20.1 Å². The molecule has 0 bridgehead atoms. The van der Waals surface area contributed by atoms with Crippen molar-refractivity contribution in [3.05, 3.63) is 163 Å². The Bertz CT molecular complexity index is 1660. The van der Waals surface area contributed by atoms with E-state index in [-0.39, 0.29) is 20.1 Å². The van der Waals surface area contributed by atoms with Crippen LogP contribution in [0.1, 0.15) is 11.1 Å². The van der Waals surface area contributed by atoms with Gasteiger partial charge in [-0.25, -0.2) is 0 Å². The van der Waals surface area contributed by atoms with Crippen LogP contribution in [0.5, 0.6) is 0 Å². The number of rotatable bonds is 6. The molecule has 0 spiro atoms. The van der Waals surface area contributed by atoms with E-state index < -0.39 is 8.07 Å². The molecule has 0 fully saturated rings. The van der Waals surface area contributed by atoms with Gasteiger partial charge < -0.3 is 9.97 Å². The summed E-state index contributed by atoms with van der Waals surface area (Å²) in [5.74, 6) is 0. The van der Waals surface area contributed by atoms with E-state index in [2.05, 4.69) is 121 Å². The molecule has 0 atom stereocenters. The van der Waals surface area contributed by atoms with Crippen LogP contribution < -0.4 is 5.19 Å². The molecule has 42 heavy (non-hydrogen) atoms. The molecular formula is C38H34IrN2Si-2. The molecule has 4 aromatic carbocycles. The molecule has 2 nitrogen and oxygen atoms in total. The molecule has 0 N–H and O–H groups in total. The maximum atomic E-state index is 4.65. The Balaban J connectivity index is 0.000000190. The van der Waals surface area contributed by atoms with Crippen molar-refractivity contribution >= 4 is 13.3 Å². The van der Waals surface area contributed by atoms with Crippen molar-refractivity contribution in [1.29, 1.82) is 0 Å². The summed E-state index contributed by atoms with van der Waals surface area (Å²) < 4.78 is 0. The predicted octanol–water partition coefficient (Wildman–Crippen LogP) is 8.90. The van der Waals surface area contributed by atoms with Crippen molar-refractivity contribution in [2.24, 2.45) is 0 Å². The summed E-state index contributed by atoms with van der Waals surface area (Å²) in [6, 6.07) is 50.2. The number of aromatic nitrogens is 2. The molecule has 4 heteroatoms. The maximum Gasteiger partial charge on any atom is 0.0795 e. The average Bonchev–Trinajstić information content (AvgIpc) is 3.03. The molecule has 1 radical (unpaired) electrons. The van der Waals surface area contributed by atoms with Crippen LogP contribution in [0.4, 0.5) is 0 Å². The van der Waals surface area contributed by atoms with E-state index in [1.807, 2.05) is 60.9 Å². The summed E-state index contributed by atoms with van der Waals surface area (Å²) in [6.07, 6.45) is 4.76. The fraction of sp³-hybridized carbons (Fsp3) is 0.105. The number of nitrogens with zero attached hydrogens (tertiary/aromatic N) is 2. The molecule has 0 saturated heterocycles. The normalized spacial score (nSPS) is 10.6. The van der Waals surface area contributed by atoms with Gasteiger partial charge in [0.25, 0.3) is 0 Å². The molecule has 0 aliphatic carbocycles. The van der Waals surface area contributed by atoms with Crippen LogP contribution in [0, 0.1) is 12.1 Å². The third kappa shape index (κ3) is 8.30. The summed E-state index contributed by atoms with van der Waals surface area (Å²) >= 11 is 0. The minimum absolute atomic E-state index is 0. The van der Waals surface area contributed by atoms with E-state index in [1.165, 1.54) is 27.4 Å². The maximum absolute atomic E-state index is 4.65. The van der Waals surface area contributed by atoms with E-state index in [1.54, 1.807) is 0 Å². The van der Waals surface area contributed by atoms with Crippen LogP contribution >= 0.6 is 0 Å². The van der Waals surface area contributed by atoms with Crippen molar-refractivity contribution in [3.63, 3.8) is 0 Å². The third-order valence-electron chi connectivity index (χ3n) is 6.92. The van der Waals surface area contributed by atoms with Crippen LogP contribution in [0.3, 0.4) is 0 Å². The van der Waals surface area contributed by atoms with Gasteiger partial charge in [-0.15, -0.1) is 70.8 Å². The number of hydrogen-bond acceptors (Lipinski definition) is 2. The molecule has 0 unspecified atom stereocenters. The molecule has 0 saturated carbocycles. The summed E-state index contributed by atoms with van der Waals surface area (Å²) in [5, 5.41) is 1.38. The second-order valence-electron chi connectivity index (χ2n) is 11.0. The predicted molar refractivity (Wildman–Crippen MR) is 175 cm³/mol. The Labute approximate surface area is 264 Å². The first-order chi connectivity index (χ1) is 20.0. The monoisotopic (exact) mass is 739 g/mol.